The lowest BCUT2D eigenvalue weighted by Gasteiger charge is -2.24. The predicted octanol–water partition coefficient (Wildman–Crippen LogP) is 2.59. The molecule has 0 saturated carbocycles. The first kappa shape index (κ1) is 17.2. The molecule has 3 heterocycles. The fourth-order valence-corrected chi connectivity index (χ4v) is 4.34. The highest BCUT2D eigenvalue weighted by molar-refractivity contribution is 7.07. The lowest BCUT2D eigenvalue weighted by Crippen LogP contribution is -2.37. The molecule has 24 heavy (non-hydrogen) atoms. The van der Waals surface area contributed by atoms with Crippen LogP contribution in [0.25, 0.3) is 0 Å². The molecule has 0 unspecified atom stereocenters. The van der Waals surface area contributed by atoms with Gasteiger partial charge < -0.3 is 5.32 Å². The number of nitrogens with one attached hydrogen (secondary N) is 1. The molecule has 130 valence electrons. The average molecular weight is 346 g/mol. The van der Waals surface area contributed by atoms with Crippen molar-refractivity contribution in [2.75, 3.05) is 19.6 Å². The van der Waals surface area contributed by atoms with Crippen LogP contribution in [0.15, 0.2) is 16.8 Å². The van der Waals surface area contributed by atoms with Crippen molar-refractivity contribution in [1.29, 1.82) is 0 Å². The van der Waals surface area contributed by atoms with Crippen molar-refractivity contribution < 1.29 is 4.79 Å². The number of aryl methyl sites for hydroxylation is 2. The van der Waals surface area contributed by atoms with E-state index in [2.05, 4.69) is 46.0 Å². The van der Waals surface area contributed by atoms with Gasteiger partial charge in [0.15, 0.2) is 0 Å². The average Bonchev–Trinajstić information content (AvgIpc) is 3.24. The first-order valence-electron chi connectivity index (χ1n) is 8.58. The molecule has 1 fully saturated rings. The van der Waals surface area contributed by atoms with Crippen LogP contribution in [0.5, 0.6) is 0 Å². The SMILES string of the molecule is Cc1nn(C)c(C)c1[C@H]1CCCN1CC(=O)NCCc1ccsc1. The molecule has 1 aliphatic heterocycles. The predicted molar refractivity (Wildman–Crippen MR) is 97.3 cm³/mol. The van der Waals surface area contributed by atoms with Gasteiger partial charge in [0.1, 0.15) is 0 Å². The van der Waals surface area contributed by atoms with Gasteiger partial charge >= 0.3 is 0 Å². The van der Waals surface area contributed by atoms with E-state index < -0.39 is 0 Å². The van der Waals surface area contributed by atoms with Crippen LogP contribution in [-0.4, -0.2) is 40.2 Å². The van der Waals surface area contributed by atoms with Crippen molar-refractivity contribution in [1.82, 2.24) is 20.0 Å². The van der Waals surface area contributed by atoms with Crippen LogP contribution >= 0.6 is 11.3 Å². The van der Waals surface area contributed by atoms with Gasteiger partial charge in [-0.05, 0) is 62.0 Å². The van der Waals surface area contributed by atoms with Crippen molar-refractivity contribution >= 4 is 17.2 Å². The molecule has 0 radical (unpaired) electrons. The first-order valence-corrected chi connectivity index (χ1v) is 9.52. The molecule has 2 aromatic rings. The Hall–Kier alpha value is -1.66. The molecule has 1 atom stereocenters. The zero-order valence-corrected chi connectivity index (χ0v) is 15.5. The fourth-order valence-electron chi connectivity index (χ4n) is 3.64. The normalized spacial score (nSPS) is 18.2. The van der Waals surface area contributed by atoms with Crippen molar-refractivity contribution in [3.05, 3.63) is 39.3 Å². The summed E-state index contributed by atoms with van der Waals surface area (Å²) in [5.41, 5.74) is 4.90. The monoisotopic (exact) mass is 346 g/mol. The number of carbonyl (C=O) groups is 1. The number of nitrogens with zero attached hydrogens (tertiary/aromatic N) is 3. The van der Waals surface area contributed by atoms with Gasteiger partial charge in [0.2, 0.25) is 5.91 Å². The standard InChI is InChI=1S/C18H26N4OS/c1-13-18(14(2)21(3)20-13)16-5-4-9-22(16)11-17(23)19-8-6-15-7-10-24-12-15/h7,10,12,16H,4-6,8-9,11H2,1-3H3,(H,19,23)/t16-/m1/s1. The van der Waals surface area contributed by atoms with Gasteiger partial charge in [0.05, 0.1) is 12.2 Å². The number of hydrogen-bond acceptors (Lipinski definition) is 4. The minimum absolute atomic E-state index is 0.122. The highest BCUT2D eigenvalue weighted by Crippen LogP contribution is 2.34. The van der Waals surface area contributed by atoms with E-state index in [1.54, 1.807) is 11.3 Å². The van der Waals surface area contributed by atoms with Crippen LogP contribution in [0.4, 0.5) is 0 Å². The maximum atomic E-state index is 12.3. The van der Waals surface area contributed by atoms with Crippen LogP contribution < -0.4 is 5.32 Å². The van der Waals surface area contributed by atoms with E-state index in [4.69, 9.17) is 0 Å². The van der Waals surface area contributed by atoms with Gasteiger partial charge in [-0.25, -0.2) is 0 Å². The lowest BCUT2D eigenvalue weighted by molar-refractivity contribution is -0.122. The second kappa shape index (κ2) is 7.49. The number of thiophene rings is 1. The van der Waals surface area contributed by atoms with Crippen molar-refractivity contribution in [3.8, 4) is 0 Å². The smallest absolute Gasteiger partial charge is 0.234 e. The summed E-state index contributed by atoms with van der Waals surface area (Å²) >= 11 is 1.70. The summed E-state index contributed by atoms with van der Waals surface area (Å²) in [6, 6.07) is 2.43. The Bertz CT molecular complexity index is 692. The molecule has 0 spiro atoms. The van der Waals surface area contributed by atoms with Gasteiger partial charge in [0, 0.05) is 30.9 Å². The molecule has 0 aromatic carbocycles. The minimum Gasteiger partial charge on any atom is -0.355 e. The molecule has 2 aromatic heterocycles. The summed E-state index contributed by atoms with van der Waals surface area (Å²) in [5.74, 6) is 0.122. The third-order valence-corrected chi connectivity index (χ3v) is 5.66. The largest absolute Gasteiger partial charge is 0.355 e. The van der Waals surface area contributed by atoms with Crippen molar-refractivity contribution in [2.45, 2.75) is 39.2 Å². The van der Waals surface area contributed by atoms with E-state index in [0.29, 0.717) is 19.1 Å². The minimum atomic E-state index is 0.122. The van der Waals surface area contributed by atoms with E-state index in [-0.39, 0.29) is 5.91 Å². The summed E-state index contributed by atoms with van der Waals surface area (Å²) in [6.07, 6.45) is 3.15. The van der Waals surface area contributed by atoms with E-state index in [1.807, 2.05) is 11.7 Å². The summed E-state index contributed by atoms with van der Waals surface area (Å²) in [6.45, 7) is 6.35. The molecular weight excluding hydrogens is 320 g/mol. The number of rotatable bonds is 6. The van der Waals surface area contributed by atoms with E-state index >= 15 is 0 Å². The third kappa shape index (κ3) is 3.70. The lowest BCUT2D eigenvalue weighted by atomic mass is 10.0. The Morgan fingerprint density at radius 3 is 2.96 bits per heavy atom. The fraction of sp³-hybridized carbons (Fsp3) is 0.556. The second-order valence-corrected chi connectivity index (χ2v) is 7.35. The van der Waals surface area contributed by atoms with Crippen LogP contribution in [-0.2, 0) is 18.3 Å². The number of likely N-dealkylation sites (tertiary alicyclic amines) is 1. The number of amides is 1. The maximum absolute atomic E-state index is 12.3. The maximum Gasteiger partial charge on any atom is 0.234 e. The molecule has 6 heteroatoms. The first-order chi connectivity index (χ1) is 11.6. The highest BCUT2D eigenvalue weighted by Gasteiger charge is 2.31. The number of aromatic nitrogens is 2. The third-order valence-electron chi connectivity index (χ3n) is 4.92. The zero-order valence-electron chi connectivity index (χ0n) is 14.7. The van der Waals surface area contributed by atoms with Crippen LogP contribution in [0.3, 0.4) is 0 Å². The topological polar surface area (TPSA) is 50.2 Å². The Kier molecular flexibility index (Phi) is 5.36. The van der Waals surface area contributed by atoms with E-state index in [0.717, 1.165) is 31.5 Å². The van der Waals surface area contributed by atoms with E-state index in [9.17, 15) is 4.79 Å². The molecule has 1 saturated heterocycles. The van der Waals surface area contributed by atoms with Gasteiger partial charge in [-0.15, -0.1) is 0 Å². The van der Waals surface area contributed by atoms with Crippen LogP contribution in [0, 0.1) is 13.8 Å². The van der Waals surface area contributed by atoms with Crippen LogP contribution in [0.2, 0.25) is 0 Å². The number of hydrogen-bond donors (Lipinski definition) is 1. The Balaban J connectivity index is 1.56. The summed E-state index contributed by atoms with van der Waals surface area (Å²) in [5, 5.41) is 11.8. The van der Waals surface area contributed by atoms with Gasteiger partial charge in [-0.1, -0.05) is 0 Å². The summed E-state index contributed by atoms with van der Waals surface area (Å²) in [4.78, 5) is 14.6. The van der Waals surface area contributed by atoms with Crippen molar-refractivity contribution in [3.63, 3.8) is 0 Å². The molecule has 5 nitrogen and oxygen atoms in total. The van der Waals surface area contributed by atoms with Gasteiger partial charge in [-0.2, -0.15) is 16.4 Å². The summed E-state index contributed by atoms with van der Waals surface area (Å²) < 4.78 is 1.95. The Morgan fingerprint density at radius 2 is 2.29 bits per heavy atom. The second-order valence-electron chi connectivity index (χ2n) is 6.57. The quantitative estimate of drug-likeness (QED) is 0.875. The van der Waals surface area contributed by atoms with E-state index in [1.165, 1.54) is 16.8 Å². The molecule has 3 rings (SSSR count). The summed E-state index contributed by atoms with van der Waals surface area (Å²) in [7, 11) is 1.99. The van der Waals surface area contributed by atoms with Gasteiger partial charge in [-0.3, -0.25) is 14.4 Å². The molecule has 1 N–H and O–H groups in total. The molecule has 1 aliphatic rings. The van der Waals surface area contributed by atoms with Crippen LogP contribution in [0.1, 0.15) is 41.4 Å². The molecule has 0 bridgehead atoms. The highest BCUT2D eigenvalue weighted by atomic mass is 32.1. The Labute approximate surface area is 147 Å². The molecule has 1 amide bonds. The van der Waals surface area contributed by atoms with Crippen molar-refractivity contribution in [2.24, 2.45) is 7.05 Å². The molecule has 0 aliphatic carbocycles. The molecular formula is C18H26N4OS. The van der Waals surface area contributed by atoms with Gasteiger partial charge in [0.25, 0.3) is 0 Å². The Morgan fingerprint density at radius 1 is 1.46 bits per heavy atom. The number of carbonyl (C=O) groups excluding carboxylic acids is 1. The zero-order chi connectivity index (χ0) is 17.1.